The first-order valence-corrected chi connectivity index (χ1v) is 16.4. The van der Waals surface area contributed by atoms with E-state index in [0.717, 1.165) is 32.1 Å². The maximum absolute atomic E-state index is 12.1. The van der Waals surface area contributed by atoms with Crippen molar-refractivity contribution < 1.29 is 23.9 Å². The Kier molecular flexibility index (Phi) is 26.3. The maximum atomic E-state index is 12.1. The first-order valence-electron chi connectivity index (χ1n) is 16.4. The van der Waals surface area contributed by atoms with Gasteiger partial charge in [0, 0.05) is 27.8 Å². The lowest BCUT2D eigenvalue weighted by Crippen LogP contribution is -2.50. The van der Waals surface area contributed by atoms with Crippen LogP contribution in [0.5, 0.6) is 0 Å². The molecule has 1 aliphatic heterocycles. The van der Waals surface area contributed by atoms with E-state index >= 15 is 0 Å². The number of hydrogen-bond acceptors (Lipinski definition) is 8. The molecule has 3 amide bonds. The molecule has 0 aromatic heterocycles. The number of nitrogens with one attached hydrogen (secondary N) is 1. The van der Waals surface area contributed by atoms with Gasteiger partial charge in [0.2, 0.25) is 18.2 Å². The van der Waals surface area contributed by atoms with Crippen LogP contribution in [0.1, 0.15) is 79.2 Å². The molecule has 0 aliphatic carbocycles. The summed E-state index contributed by atoms with van der Waals surface area (Å²) < 4.78 is 10.9. The quantitative estimate of drug-likeness (QED) is 0.0778. The van der Waals surface area contributed by atoms with Crippen molar-refractivity contribution in [2.24, 2.45) is 34.2 Å². The van der Waals surface area contributed by atoms with Crippen molar-refractivity contribution in [3.8, 4) is 0 Å². The van der Waals surface area contributed by atoms with E-state index in [1.54, 1.807) is 30.9 Å². The molecular formula is C34H65N7O5. The number of rotatable bonds is 14. The molecule has 46 heavy (non-hydrogen) atoms. The van der Waals surface area contributed by atoms with Crippen LogP contribution in [0.2, 0.25) is 0 Å². The van der Waals surface area contributed by atoms with Gasteiger partial charge in [-0.1, -0.05) is 90.3 Å². The lowest BCUT2D eigenvalue weighted by atomic mass is 9.91. The largest absolute Gasteiger partial charge is 0.384 e. The Labute approximate surface area is 278 Å². The highest BCUT2D eigenvalue weighted by Gasteiger charge is 2.37. The Hall–Kier alpha value is -3.22. The SMILES string of the molecule is CCC.CCC(C)C(C(CC)OC)N(C)C(=O)CN.COC(C(C)C(=O)NC/C(N)=N/N)C1CCCN1C=O.Cc1ccccc1. The number of hydrazone groups is 1. The zero-order chi connectivity index (χ0) is 35.7. The van der Waals surface area contributed by atoms with Crippen molar-refractivity contribution in [1.29, 1.82) is 0 Å². The maximum Gasteiger partial charge on any atom is 0.236 e. The van der Waals surface area contributed by atoms with Gasteiger partial charge in [-0.3, -0.25) is 14.4 Å². The Bertz CT molecular complexity index is 962. The van der Waals surface area contributed by atoms with Crippen LogP contribution in [0.25, 0.3) is 0 Å². The molecule has 1 aliphatic rings. The van der Waals surface area contributed by atoms with Crippen LogP contribution in [0.3, 0.4) is 0 Å². The van der Waals surface area contributed by atoms with Crippen molar-refractivity contribution >= 4 is 24.1 Å². The van der Waals surface area contributed by atoms with E-state index in [9.17, 15) is 14.4 Å². The Morgan fingerprint density at radius 3 is 2.09 bits per heavy atom. The monoisotopic (exact) mass is 652 g/mol. The second kappa shape index (κ2) is 26.9. The molecule has 6 atom stereocenters. The van der Waals surface area contributed by atoms with E-state index in [2.05, 4.69) is 64.1 Å². The van der Waals surface area contributed by atoms with Crippen molar-refractivity contribution in [2.45, 2.75) is 105 Å². The molecule has 7 N–H and O–H groups in total. The predicted octanol–water partition coefficient (Wildman–Crippen LogP) is 3.26. The van der Waals surface area contributed by atoms with E-state index < -0.39 is 5.92 Å². The van der Waals surface area contributed by atoms with Gasteiger partial charge in [-0.25, -0.2) is 0 Å². The third kappa shape index (κ3) is 16.9. The summed E-state index contributed by atoms with van der Waals surface area (Å²) in [5.74, 6) is 4.91. The standard InChI is InChI=1S/C12H23N5O3.C12H26N2O2.C7H8.C3H8/c1-8(12(19)15-6-10(13)16-14)11(20-2)9-4-3-5-17(9)7-18;1-6-9(3)12(10(7-2)16-5)14(4)11(15)8-13;1-7-5-3-2-4-6-7;1-3-2/h7-9,11H,3-6,14H2,1-2H3,(H2,13,16)(H,15,19);9-10,12H,6-8,13H2,1-5H3;2-6H,1H3;3H2,1-2H3. The molecule has 2 rings (SSSR count). The summed E-state index contributed by atoms with van der Waals surface area (Å²) in [4.78, 5) is 38.2. The average Bonchev–Trinajstić information content (AvgIpc) is 3.54. The number of amidine groups is 1. The number of nitrogens with two attached hydrogens (primary N) is 3. The molecule has 1 heterocycles. The second-order valence-corrected chi connectivity index (χ2v) is 11.5. The van der Waals surface area contributed by atoms with Gasteiger partial charge in [0.25, 0.3) is 0 Å². The third-order valence-corrected chi connectivity index (χ3v) is 7.91. The first kappa shape index (κ1) is 44.9. The number of likely N-dealkylation sites (N-methyl/N-ethyl adjacent to an activating group) is 1. The summed E-state index contributed by atoms with van der Waals surface area (Å²) in [6, 6.07) is 10.3. The van der Waals surface area contributed by atoms with Crippen LogP contribution in [0.4, 0.5) is 0 Å². The average molecular weight is 652 g/mol. The number of ether oxygens (including phenoxy) is 2. The summed E-state index contributed by atoms with van der Waals surface area (Å²) >= 11 is 0. The van der Waals surface area contributed by atoms with Crippen molar-refractivity contribution in [3.63, 3.8) is 0 Å². The number of benzene rings is 1. The van der Waals surface area contributed by atoms with Crippen molar-refractivity contribution in [2.75, 3.05) is 40.9 Å². The van der Waals surface area contributed by atoms with Gasteiger partial charge in [0.15, 0.2) is 0 Å². The van der Waals surface area contributed by atoms with Gasteiger partial charge < -0.3 is 41.9 Å². The molecule has 1 aromatic rings. The number of methoxy groups -OCH3 is 2. The summed E-state index contributed by atoms with van der Waals surface area (Å²) in [5, 5.41) is 5.92. The molecule has 0 radical (unpaired) electrons. The lowest BCUT2D eigenvalue weighted by molar-refractivity contribution is -0.135. The zero-order valence-electron chi connectivity index (χ0n) is 30.2. The molecule has 0 spiro atoms. The number of hydrogen-bond donors (Lipinski definition) is 4. The van der Waals surface area contributed by atoms with Crippen LogP contribution >= 0.6 is 0 Å². The highest BCUT2D eigenvalue weighted by atomic mass is 16.5. The normalized spacial score (nSPS) is 17.2. The van der Waals surface area contributed by atoms with E-state index in [-0.39, 0.29) is 55.0 Å². The number of nitrogens with zero attached hydrogens (tertiary/aromatic N) is 3. The highest BCUT2D eigenvalue weighted by molar-refractivity contribution is 5.88. The van der Waals surface area contributed by atoms with Crippen LogP contribution in [0.15, 0.2) is 35.4 Å². The molecule has 0 bridgehead atoms. The number of carbonyl (C=O) groups is 3. The minimum Gasteiger partial charge on any atom is -0.384 e. The molecule has 1 aromatic carbocycles. The van der Waals surface area contributed by atoms with Gasteiger partial charge in [-0.05, 0) is 32.1 Å². The van der Waals surface area contributed by atoms with Gasteiger partial charge >= 0.3 is 0 Å². The second-order valence-electron chi connectivity index (χ2n) is 11.5. The molecular weight excluding hydrogens is 586 g/mol. The smallest absolute Gasteiger partial charge is 0.236 e. The number of likely N-dealkylation sites (tertiary alicyclic amines) is 1. The Morgan fingerprint density at radius 1 is 1.11 bits per heavy atom. The van der Waals surface area contributed by atoms with Crippen LogP contribution < -0.4 is 22.6 Å². The fraction of sp³-hybridized carbons (Fsp3) is 0.706. The summed E-state index contributed by atoms with van der Waals surface area (Å²) in [7, 11) is 5.06. The number of carbonyl (C=O) groups excluding carboxylic acids is 3. The molecule has 12 nitrogen and oxygen atoms in total. The molecule has 1 fully saturated rings. The minimum absolute atomic E-state index is 0.0270. The van der Waals surface area contributed by atoms with E-state index in [1.807, 2.05) is 25.2 Å². The lowest BCUT2D eigenvalue weighted by Gasteiger charge is -2.37. The Morgan fingerprint density at radius 2 is 1.70 bits per heavy atom. The minimum atomic E-state index is -0.406. The molecule has 1 saturated heterocycles. The third-order valence-electron chi connectivity index (χ3n) is 7.91. The van der Waals surface area contributed by atoms with E-state index in [1.165, 1.54) is 12.0 Å². The van der Waals surface area contributed by atoms with Gasteiger partial charge in [-0.15, -0.1) is 0 Å². The fourth-order valence-electron chi connectivity index (χ4n) is 5.16. The fourth-order valence-corrected chi connectivity index (χ4v) is 5.16. The molecule has 12 heteroatoms. The topological polar surface area (TPSA) is 179 Å². The van der Waals surface area contributed by atoms with Crippen molar-refractivity contribution in [3.05, 3.63) is 35.9 Å². The Balaban J connectivity index is 0. The van der Waals surface area contributed by atoms with Gasteiger partial charge in [0.05, 0.1) is 43.3 Å². The summed E-state index contributed by atoms with van der Waals surface area (Å²) in [6.45, 7) is 15.3. The van der Waals surface area contributed by atoms with Gasteiger partial charge in [0.1, 0.15) is 5.84 Å². The van der Waals surface area contributed by atoms with Crippen molar-refractivity contribution in [1.82, 2.24) is 15.1 Å². The first-order chi connectivity index (χ1) is 21.9. The zero-order valence-corrected chi connectivity index (χ0v) is 30.2. The van der Waals surface area contributed by atoms with E-state index in [4.69, 9.17) is 26.8 Å². The van der Waals surface area contributed by atoms with Crippen LogP contribution in [-0.2, 0) is 23.9 Å². The summed E-state index contributed by atoms with van der Waals surface area (Å²) in [6.07, 6.45) is 5.47. The van der Waals surface area contributed by atoms with Gasteiger partial charge in [-0.2, -0.15) is 5.10 Å². The molecule has 6 unspecified atom stereocenters. The predicted molar refractivity (Wildman–Crippen MR) is 188 cm³/mol. The van der Waals surface area contributed by atoms with E-state index in [0.29, 0.717) is 12.5 Å². The highest BCUT2D eigenvalue weighted by Crippen LogP contribution is 2.25. The van der Waals surface area contributed by atoms with Crippen LogP contribution in [-0.4, -0.2) is 99.1 Å². The summed E-state index contributed by atoms with van der Waals surface area (Å²) in [5.41, 5.74) is 12.1. The molecule has 266 valence electrons. The number of aryl methyl sites for hydroxylation is 1. The van der Waals surface area contributed by atoms with Crippen LogP contribution in [0, 0.1) is 18.8 Å². The molecule has 0 saturated carbocycles. The number of amides is 3.